The lowest BCUT2D eigenvalue weighted by molar-refractivity contribution is 0.536. The van der Waals surface area contributed by atoms with Crippen molar-refractivity contribution in [1.82, 2.24) is 9.78 Å². The first kappa shape index (κ1) is 16.4. The minimum absolute atomic E-state index is 0.0731. The van der Waals surface area contributed by atoms with Crippen LogP contribution in [0.4, 0.5) is 0 Å². The van der Waals surface area contributed by atoms with Crippen LogP contribution in [0.5, 0.6) is 0 Å². The van der Waals surface area contributed by atoms with Crippen molar-refractivity contribution in [2.45, 2.75) is 53.1 Å². The van der Waals surface area contributed by atoms with Crippen LogP contribution in [0.25, 0.3) is 11.3 Å². The van der Waals surface area contributed by atoms with Gasteiger partial charge in [-0.2, -0.15) is 5.10 Å². The van der Waals surface area contributed by atoms with E-state index in [-0.39, 0.29) is 11.6 Å². The molecule has 0 saturated heterocycles. The van der Waals surface area contributed by atoms with Gasteiger partial charge in [0, 0.05) is 23.7 Å². The highest BCUT2D eigenvalue weighted by Crippen LogP contribution is 2.21. The molecule has 0 fully saturated rings. The zero-order valence-electron chi connectivity index (χ0n) is 13.9. The molecule has 2 N–H and O–H groups in total. The van der Waals surface area contributed by atoms with Gasteiger partial charge in [0.1, 0.15) is 0 Å². The fourth-order valence-electron chi connectivity index (χ4n) is 2.39. The summed E-state index contributed by atoms with van der Waals surface area (Å²) in [5, 5.41) is 4.54. The van der Waals surface area contributed by atoms with E-state index in [2.05, 4.69) is 38.0 Å². The molecule has 0 spiro atoms. The first-order valence-corrected chi connectivity index (χ1v) is 7.89. The van der Waals surface area contributed by atoms with Crippen molar-refractivity contribution in [3.05, 3.63) is 51.3 Å². The van der Waals surface area contributed by atoms with Gasteiger partial charge in [-0.15, -0.1) is 0 Å². The summed E-state index contributed by atoms with van der Waals surface area (Å²) < 4.78 is 1.56. The molecule has 1 atom stereocenters. The highest BCUT2D eigenvalue weighted by Gasteiger charge is 2.13. The Balaban J connectivity index is 2.57. The van der Waals surface area contributed by atoms with Crippen LogP contribution in [0.2, 0.25) is 0 Å². The number of benzene rings is 1. The van der Waals surface area contributed by atoms with E-state index in [1.165, 1.54) is 11.1 Å². The maximum absolute atomic E-state index is 12.4. The molecule has 0 aliphatic carbocycles. The summed E-state index contributed by atoms with van der Waals surface area (Å²) in [5.74, 6) is 0. The Bertz CT molecular complexity index is 717. The van der Waals surface area contributed by atoms with E-state index in [0.29, 0.717) is 12.1 Å². The Morgan fingerprint density at radius 3 is 2.55 bits per heavy atom. The van der Waals surface area contributed by atoms with E-state index >= 15 is 0 Å². The fraction of sp³-hybridized carbons (Fsp3) is 0.444. The molecule has 0 aliphatic heterocycles. The molecule has 0 bridgehead atoms. The first-order valence-electron chi connectivity index (χ1n) is 7.89. The van der Waals surface area contributed by atoms with Gasteiger partial charge in [0.15, 0.2) is 0 Å². The van der Waals surface area contributed by atoms with Crippen molar-refractivity contribution in [2.24, 2.45) is 5.73 Å². The molecule has 4 nitrogen and oxygen atoms in total. The van der Waals surface area contributed by atoms with Crippen molar-refractivity contribution >= 4 is 0 Å². The zero-order valence-corrected chi connectivity index (χ0v) is 13.9. The molecule has 0 radical (unpaired) electrons. The average molecular weight is 299 g/mol. The quantitative estimate of drug-likeness (QED) is 0.921. The number of hydrogen-bond donors (Lipinski definition) is 1. The van der Waals surface area contributed by atoms with Crippen LogP contribution in [0, 0.1) is 13.8 Å². The molecule has 22 heavy (non-hydrogen) atoms. The third-order valence-electron chi connectivity index (χ3n) is 4.02. The molecule has 1 aromatic heterocycles. The third-order valence-corrected chi connectivity index (χ3v) is 4.02. The van der Waals surface area contributed by atoms with E-state index in [1.54, 1.807) is 4.68 Å². The molecule has 1 aromatic carbocycles. The lowest BCUT2D eigenvalue weighted by Crippen LogP contribution is -2.29. The monoisotopic (exact) mass is 299 g/mol. The molecule has 2 aromatic rings. The molecule has 1 heterocycles. The van der Waals surface area contributed by atoms with Crippen LogP contribution < -0.4 is 11.3 Å². The number of hydrogen-bond acceptors (Lipinski definition) is 3. The number of rotatable bonds is 5. The van der Waals surface area contributed by atoms with Crippen molar-refractivity contribution in [3.8, 4) is 11.3 Å². The van der Waals surface area contributed by atoms with Gasteiger partial charge in [-0.3, -0.25) is 4.79 Å². The number of unbranched alkanes of at least 4 members (excludes halogenated alkanes) is 1. The summed E-state index contributed by atoms with van der Waals surface area (Å²) in [6, 6.07) is 7.77. The average Bonchev–Trinajstić information content (AvgIpc) is 2.48. The Hall–Kier alpha value is -1.94. The summed E-state index contributed by atoms with van der Waals surface area (Å²) in [4.78, 5) is 12.4. The topological polar surface area (TPSA) is 60.9 Å². The van der Waals surface area contributed by atoms with Crippen LogP contribution in [0.15, 0.2) is 29.1 Å². The number of nitrogens with zero attached hydrogens (tertiary/aromatic N) is 2. The predicted molar refractivity (Wildman–Crippen MR) is 90.9 cm³/mol. The molecule has 0 saturated carbocycles. The number of nitrogens with two attached hydrogens (primary N) is 1. The standard InChI is InChI=1S/C18H25N3O/c1-5-6-9-21-18(22)16(14(4)19)11-17(20-21)15-8-7-12(2)13(3)10-15/h7-8,10-11,14H,5-6,9,19H2,1-4H3. The predicted octanol–water partition coefficient (Wildman–Crippen LogP) is 3.35. The molecular weight excluding hydrogens is 274 g/mol. The maximum Gasteiger partial charge on any atom is 0.271 e. The second-order valence-corrected chi connectivity index (χ2v) is 5.95. The Morgan fingerprint density at radius 1 is 1.23 bits per heavy atom. The van der Waals surface area contributed by atoms with Crippen LogP contribution in [-0.2, 0) is 6.54 Å². The van der Waals surface area contributed by atoms with Crippen LogP contribution >= 0.6 is 0 Å². The fourth-order valence-corrected chi connectivity index (χ4v) is 2.39. The van der Waals surface area contributed by atoms with Crippen molar-refractivity contribution < 1.29 is 0 Å². The molecule has 118 valence electrons. The highest BCUT2D eigenvalue weighted by molar-refractivity contribution is 5.61. The second kappa shape index (κ2) is 6.88. The Kier molecular flexibility index (Phi) is 5.14. The van der Waals surface area contributed by atoms with Crippen molar-refractivity contribution in [3.63, 3.8) is 0 Å². The third kappa shape index (κ3) is 3.45. The van der Waals surface area contributed by atoms with Gasteiger partial charge >= 0.3 is 0 Å². The summed E-state index contributed by atoms with van der Waals surface area (Å²) in [7, 11) is 0. The SMILES string of the molecule is CCCCn1nc(-c2ccc(C)c(C)c2)cc(C(C)N)c1=O. The maximum atomic E-state index is 12.4. The summed E-state index contributed by atoms with van der Waals surface area (Å²) in [5.41, 5.74) is 10.8. The van der Waals surface area contributed by atoms with Gasteiger partial charge in [-0.05, 0) is 50.5 Å². The Labute approximate surface area is 132 Å². The largest absolute Gasteiger partial charge is 0.324 e. The minimum atomic E-state index is -0.298. The summed E-state index contributed by atoms with van der Waals surface area (Å²) in [6.07, 6.45) is 1.96. The van der Waals surface area contributed by atoms with Crippen LogP contribution in [0.3, 0.4) is 0 Å². The van der Waals surface area contributed by atoms with E-state index < -0.39 is 0 Å². The lowest BCUT2D eigenvalue weighted by atomic mass is 10.0. The number of aryl methyl sites for hydroxylation is 3. The smallest absolute Gasteiger partial charge is 0.271 e. The Morgan fingerprint density at radius 2 is 1.95 bits per heavy atom. The van der Waals surface area contributed by atoms with Crippen LogP contribution in [-0.4, -0.2) is 9.78 Å². The minimum Gasteiger partial charge on any atom is -0.324 e. The van der Waals surface area contributed by atoms with Gasteiger partial charge in [-0.25, -0.2) is 4.68 Å². The van der Waals surface area contributed by atoms with E-state index in [9.17, 15) is 4.79 Å². The van der Waals surface area contributed by atoms with Crippen molar-refractivity contribution in [2.75, 3.05) is 0 Å². The van der Waals surface area contributed by atoms with Crippen LogP contribution in [0.1, 0.15) is 49.4 Å². The summed E-state index contributed by atoms with van der Waals surface area (Å²) >= 11 is 0. The van der Waals surface area contributed by atoms with Gasteiger partial charge in [-0.1, -0.05) is 25.5 Å². The molecule has 0 aliphatic rings. The normalized spacial score (nSPS) is 12.4. The van der Waals surface area contributed by atoms with Gasteiger partial charge in [0.05, 0.1) is 5.69 Å². The van der Waals surface area contributed by atoms with Crippen molar-refractivity contribution in [1.29, 1.82) is 0 Å². The molecule has 0 amide bonds. The molecular formula is C18H25N3O. The van der Waals surface area contributed by atoms with Gasteiger partial charge in [0.2, 0.25) is 0 Å². The van der Waals surface area contributed by atoms with Gasteiger partial charge in [0.25, 0.3) is 5.56 Å². The van der Waals surface area contributed by atoms with E-state index in [0.717, 1.165) is 24.1 Å². The lowest BCUT2D eigenvalue weighted by Gasteiger charge is -2.13. The molecule has 2 rings (SSSR count). The second-order valence-electron chi connectivity index (χ2n) is 5.95. The zero-order chi connectivity index (χ0) is 16.3. The molecule has 1 unspecified atom stereocenters. The molecule has 4 heteroatoms. The highest BCUT2D eigenvalue weighted by atomic mass is 16.1. The van der Waals surface area contributed by atoms with Gasteiger partial charge < -0.3 is 5.73 Å². The van der Waals surface area contributed by atoms with E-state index in [4.69, 9.17) is 5.73 Å². The number of aromatic nitrogens is 2. The summed E-state index contributed by atoms with van der Waals surface area (Å²) in [6.45, 7) is 8.74. The van der Waals surface area contributed by atoms with E-state index in [1.807, 2.05) is 19.1 Å². The first-order chi connectivity index (χ1) is 10.4.